The third kappa shape index (κ3) is 2.06. The van der Waals surface area contributed by atoms with E-state index < -0.39 is 23.2 Å². The van der Waals surface area contributed by atoms with Crippen molar-refractivity contribution in [3.05, 3.63) is 28.6 Å². The van der Waals surface area contributed by atoms with E-state index in [4.69, 9.17) is 5.73 Å². The summed E-state index contributed by atoms with van der Waals surface area (Å²) < 4.78 is 50.8. The fraction of sp³-hybridized carbons (Fsp3) is 0.400. The van der Waals surface area contributed by atoms with Crippen LogP contribution < -0.4 is 5.73 Å². The lowest BCUT2D eigenvalue weighted by Gasteiger charge is -2.15. The molecule has 1 nitrogen and oxygen atoms in total. The maximum absolute atomic E-state index is 13.3. The van der Waals surface area contributed by atoms with E-state index in [1.54, 1.807) is 6.92 Å². The Kier molecular flexibility index (Phi) is 2.93. The first-order valence-electron chi connectivity index (χ1n) is 4.43. The number of hydrogen-bond donors (Lipinski definition) is 1. The molecule has 0 aliphatic rings. The lowest BCUT2D eigenvalue weighted by molar-refractivity contribution is -0.137. The highest BCUT2D eigenvalue weighted by Gasteiger charge is 2.36. The number of halogens is 4. The fourth-order valence-electron chi connectivity index (χ4n) is 1.53. The average Bonchev–Trinajstić information content (AvgIpc) is 2.09. The zero-order valence-corrected chi connectivity index (χ0v) is 8.37. The summed E-state index contributed by atoms with van der Waals surface area (Å²) in [5.41, 5.74) is 3.44. The largest absolute Gasteiger partial charge is 0.418 e. The number of nitrogens with two attached hydrogens (primary N) is 1. The van der Waals surface area contributed by atoms with Crippen LogP contribution in [0.2, 0.25) is 0 Å². The Morgan fingerprint density at radius 1 is 1.33 bits per heavy atom. The second kappa shape index (κ2) is 3.72. The standard InChI is InChI=1S/C10H11F4N/c1-3-6-4-5(2)7(10(12,13)14)9(15)8(6)11/h4H,3,15H2,1-2H3. The minimum absolute atomic E-state index is 0.0433. The van der Waals surface area contributed by atoms with Crippen molar-refractivity contribution in [3.63, 3.8) is 0 Å². The minimum Gasteiger partial charge on any atom is -0.396 e. The van der Waals surface area contributed by atoms with E-state index in [1.165, 1.54) is 13.0 Å². The Morgan fingerprint density at radius 3 is 2.27 bits per heavy atom. The molecule has 2 N–H and O–H groups in total. The van der Waals surface area contributed by atoms with Crippen molar-refractivity contribution in [3.8, 4) is 0 Å². The van der Waals surface area contributed by atoms with Crippen LogP contribution in [0.4, 0.5) is 23.2 Å². The minimum atomic E-state index is -4.61. The molecule has 0 saturated heterocycles. The highest BCUT2D eigenvalue weighted by Crippen LogP contribution is 2.38. The Hall–Kier alpha value is -1.26. The van der Waals surface area contributed by atoms with Gasteiger partial charge in [0.05, 0.1) is 11.3 Å². The molecule has 1 aromatic carbocycles. The molecule has 0 unspecified atom stereocenters. The molecule has 0 heterocycles. The van der Waals surface area contributed by atoms with Gasteiger partial charge in [0.2, 0.25) is 0 Å². The molecule has 0 aliphatic carbocycles. The van der Waals surface area contributed by atoms with Gasteiger partial charge in [0.15, 0.2) is 0 Å². The van der Waals surface area contributed by atoms with Crippen LogP contribution in [-0.4, -0.2) is 0 Å². The molecular weight excluding hydrogens is 210 g/mol. The van der Waals surface area contributed by atoms with Crippen LogP contribution in [0.3, 0.4) is 0 Å². The summed E-state index contributed by atoms with van der Waals surface area (Å²) in [6.45, 7) is 2.93. The predicted molar refractivity (Wildman–Crippen MR) is 49.9 cm³/mol. The van der Waals surface area contributed by atoms with E-state index in [9.17, 15) is 17.6 Å². The van der Waals surface area contributed by atoms with Gasteiger partial charge in [-0.15, -0.1) is 0 Å². The number of rotatable bonds is 1. The van der Waals surface area contributed by atoms with Gasteiger partial charge in [-0.25, -0.2) is 4.39 Å². The second-order valence-corrected chi connectivity index (χ2v) is 3.31. The van der Waals surface area contributed by atoms with Crippen LogP contribution in [0, 0.1) is 12.7 Å². The van der Waals surface area contributed by atoms with E-state index in [0.717, 1.165) is 0 Å². The van der Waals surface area contributed by atoms with Crippen molar-refractivity contribution in [1.82, 2.24) is 0 Å². The zero-order chi connectivity index (χ0) is 11.8. The first-order chi connectivity index (χ1) is 6.79. The zero-order valence-electron chi connectivity index (χ0n) is 8.37. The lowest BCUT2D eigenvalue weighted by atomic mass is 10.0. The van der Waals surface area contributed by atoms with Crippen molar-refractivity contribution < 1.29 is 17.6 Å². The summed E-state index contributed by atoms with van der Waals surface area (Å²) in [5, 5.41) is 0. The van der Waals surface area contributed by atoms with Gasteiger partial charge in [-0.3, -0.25) is 0 Å². The quantitative estimate of drug-likeness (QED) is 0.571. The maximum Gasteiger partial charge on any atom is 0.418 e. The molecule has 0 aromatic heterocycles. The summed E-state index contributed by atoms with van der Waals surface area (Å²) in [6.07, 6.45) is -4.30. The van der Waals surface area contributed by atoms with Crippen LogP contribution >= 0.6 is 0 Å². The smallest absolute Gasteiger partial charge is 0.396 e. The molecular formula is C10H11F4N. The van der Waals surface area contributed by atoms with Crippen molar-refractivity contribution in [2.75, 3.05) is 5.73 Å². The number of alkyl halides is 3. The van der Waals surface area contributed by atoms with Gasteiger partial charge in [-0.1, -0.05) is 13.0 Å². The van der Waals surface area contributed by atoms with Gasteiger partial charge in [0, 0.05) is 0 Å². The molecule has 0 fully saturated rings. The van der Waals surface area contributed by atoms with E-state index in [0.29, 0.717) is 6.42 Å². The molecule has 0 bridgehead atoms. The monoisotopic (exact) mass is 221 g/mol. The van der Waals surface area contributed by atoms with Gasteiger partial charge >= 0.3 is 6.18 Å². The van der Waals surface area contributed by atoms with Crippen LogP contribution in [0.1, 0.15) is 23.6 Å². The Balaban J connectivity index is 3.50. The van der Waals surface area contributed by atoms with Gasteiger partial charge in [-0.05, 0) is 24.5 Å². The fourth-order valence-corrected chi connectivity index (χ4v) is 1.53. The summed E-state index contributed by atoms with van der Waals surface area (Å²) in [4.78, 5) is 0. The third-order valence-corrected chi connectivity index (χ3v) is 2.24. The maximum atomic E-state index is 13.3. The van der Waals surface area contributed by atoms with Crippen LogP contribution in [-0.2, 0) is 12.6 Å². The first kappa shape index (κ1) is 11.8. The first-order valence-corrected chi connectivity index (χ1v) is 4.43. The average molecular weight is 221 g/mol. The van der Waals surface area contributed by atoms with Crippen molar-refractivity contribution in [2.24, 2.45) is 0 Å². The number of nitrogen functional groups attached to an aromatic ring is 1. The molecule has 0 atom stereocenters. The van der Waals surface area contributed by atoms with Gasteiger partial charge in [0.1, 0.15) is 5.82 Å². The number of anilines is 1. The predicted octanol–water partition coefficient (Wildman–Crippen LogP) is 3.30. The Morgan fingerprint density at radius 2 is 1.87 bits per heavy atom. The van der Waals surface area contributed by atoms with Gasteiger partial charge in [-0.2, -0.15) is 13.2 Å². The molecule has 0 spiro atoms. The molecule has 0 amide bonds. The van der Waals surface area contributed by atoms with E-state index in [2.05, 4.69) is 0 Å². The van der Waals surface area contributed by atoms with Crippen molar-refractivity contribution in [1.29, 1.82) is 0 Å². The highest BCUT2D eigenvalue weighted by molar-refractivity contribution is 5.56. The number of aryl methyl sites for hydroxylation is 2. The second-order valence-electron chi connectivity index (χ2n) is 3.31. The van der Waals surface area contributed by atoms with E-state index in [1.807, 2.05) is 0 Å². The Labute approximate surface area is 84.9 Å². The summed E-state index contributed by atoms with van der Waals surface area (Å²) >= 11 is 0. The topological polar surface area (TPSA) is 26.0 Å². The molecule has 84 valence electrons. The summed E-state index contributed by atoms with van der Waals surface area (Å²) in [7, 11) is 0. The Bertz CT molecular complexity index is 382. The van der Waals surface area contributed by atoms with Crippen LogP contribution in [0.15, 0.2) is 6.07 Å². The molecule has 5 heteroatoms. The van der Waals surface area contributed by atoms with Gasteiger partial charge < -0.3 is 5.73 Å². The van der Waals surface area contributed by atoms with Crippen LogP contribution in [0.25, 0.3) is 0 Å². The number of hydrogen-bond acceptors (Lipinski definition) is 1. The summed E-state index contributed by atoms with van der Waals surface area (Å²) in [5.74, 6) is -0.963. The lowest BCUT2D eigenvalue weighted by Crippen LogP contribution is -2.14. The van der Waals surface area contributed by atoms with Crippen LogP contribution in [0.5, 0.6) is 0 Å². The van der Waals surface area contributed by atoms with Gasteiger partial charge in [0.25, 0.3) is 0 Å². The SMILES string of the molecule is CCc1cc(C)c(C(F)(F)F)c(N)c1F. The normalized spacial score (nSPS) is 11.9. The molecule has 0 radical (unpaired) electrons. The molecule has 0 saturated carbocycles. The number of benzene rings is 1. The molecule has 1 aromatic rings. The van der Waals surface area contributed by atoms with E-state index >= 15 is 0 Å². The highest BCUT2D eigenvalue weighted by atomic mass is 19.4. The summed E-state index contributed by atoms with van der Waals surface area (Å²) in [6, 6.07) is 1.19. The third-order valence-electron chi connectivity index (χ3n) is 2.24. The molecule has 15 heavy (non-hydrogen) atoms. The van der Waals surface area contributed by atoms with E-state index in [-0.39, 0.29) is 11.1 Å². The molecule has 0 aliphatic heterocycles. The van der Waals surface area contributed by atoms with Crippen molar-refractivity contribution >= 4 is 5.69 Å². The molecule has 1 rings (SSSR count). The van der Waals surface area contributed by atoms with Crippen molar-refractivity contribution in [2.45, 2.75) is 26.4 Å².